The Labute approximate surface area is 114 Å². The van der Waals surface area contributed by atoms with Crippen LogP contribution in [0, 0.1) is 15.9 Å². The Bertz CT molecular complexity index is 535. The minimum absolute atomic E-state index is 0.352. The molecule has 0 saturated carbocycles. The molecule has 0 fully saturated rings. The van der Waals surface area contributed by atoms with Crippen LogP contribution in [0.3, 0.4) is 0 Å². The van der Waals surface area contributed by atoms with Crippen LogP contribution in [0.15, 0.2) is 10.5 Å². The number of halogens is 5. The number of hydrogen-bond acceptors (Lipinski definition) is 2. The lowest BCUT2D eigenvalue weighted by Gasteiger charge is -2.22. The number of hydrogen-bond donors (Lipinski definition) is 0. The molecule has 106 valence electrons. The highest BCUT2D eigenvalue weighted by Gasteiger charge is 2.42. The highest BCUT2D eigenvalue weighted by molar-refractivity contribution is 9.10. The molecule has 0 aliphatic heterocycles. The molecule has 1 aromatic carbocycles. The summed E-state index contributed by atoms with van der Waals surface area (Å²) < 4.78 is 51.6. The van der Waals surface area contributed by atoms with Crippen LogP contribution in [-0.2, 0) is 11.6 Å². The Balaban J connectivity index is 3.82. The zero-order chi connectivity index (χ0) is 15.2. The third-order valence-corrected chi connectivity index (χ3v) is 3.27. The molecular weight excluding hydrogens is 334 g/mol. The van der Waals surface area contributed by atoms with Gasteiger partial charge in [-0.2, -0.15) is 13.2 Å². The van der Waals surface area contributed by atoms with Gasteiger partial charge in [-0.15, -0.1) is 0 Å². The van der Waals surface area contributed by atoms with Crippen molar-refractivity contribution in [2.45, 2.75) is 32.4 Å². The second-order valence-electron chi connectivity index (χ2n) is 4.95. The Morgan fingerprint density at radius 1 is 1.26 bits per heavy atom. The molecule has 0 radical (unpaired) electrons. The molecule has 0 amide bonds. The van der Waals surface area contributed by atoms with Crippen molar-refractivity contribution in [1.29, 1.82) is 0 Å². The van der Waals surface area contributed by atoms with Gasteiger partial charge in [0, 0.05) is 11.6 Å². The van der Waals surface area contributed by atoms with E-state index in [0.717, 1.165) is 6.07 Å². The van der Waals surface area contributed by atoms with Crippen molar-refractivity contribution in [2.24, 2.45) is 0 Å². The van der Waals surface area contributed by atoms with Crippen LogP contribution in [0.1, 0.15) is 31.9 Å². The highest BCUT2D eigenvalue weighted by Crippen LogP contribution is 2.44. The summed E-state index contributed by atoms with van der Waals surface area (Å²) in [5.74, 6) is -1.49. The van der Waals surface area contributed by atoms with Gasteiger partial charge in [0.2, 0.25) is 0 Å². The van der Waals surface area contributed by atoms with E-state index in [1.165, 1.54) is 20.8 Å². The van der Waals surface area contributed by atoms with Crippen molar-refractivity contribution in [3.63, 3.8) is 0 Å². The fourth-order valence-corrected chi connectivity index (χ4v) is 2.21. The second kappa shape index (κ2) is 4.73. The van der Waals surface area contributed by atoms with Gasteiger partial charge in [-0.05, 0) is 21.3 Å². The minimum Gasteiger partial charge on any atom is -0.258 e. The van der Waals surface area contributed by atoms with Crippen molar-refractivity contribution < 1.29 is 22.5 Å². The average Bonchev–Trinajstić information content (AvgIpc) is 2.12. The quantitative estimate of drug-likeness (QED) is 0.417. The average molecular weight is 344 g/mol. The standard InChI is InChI=1S/C11H10BrF4NO2/c1-10(2,3)5-4-6(17(18)19)8(12)7(9(5)13)11(14,15)16/h4H,1-3H3. The number of nitro groups is 1. The van der Waals surface area contributed by atoms with Crippen LogP contribution in [0.5, 0.6) is 0 Å². The number of nitro benzene ring substituents is 1. The van der Waals surface area contributed by atoms with Gasteiger partial charge in [-0.3, -0.25) is 10.1 Å². The molecular formula is C11H10BrF4NO2. The van der Waals surface area contributed by atoms with E-state index in [-0.39, 0.29) is 5.56 Å². The molecule has 0 saturated heterocycles. The van der Waals surface area contributed by atoms with Crippen LogP contribution in [0.2, 0.25) is 0 Å². The molecule has 0 unspecified atom stereocenters. The minimum atomic E-state index is -5.02. The van der Waals surface area contributed by atoms with Crippen LogP contribution in [-0.4, -0.2) is 4.92 Å². The summed E-state index contributed by atoms with van der Waals surface area (Å²) in [6.45, 7) is 4.43. The van der Waals surface area contributed by atoms with E-state index in [1.807, 2.05) is 0 Å². The molecule has 0 atom stereocenters. The molecule has 0 heterocycles. The summed E-state index contributed by atoms with van der Waals surface area (Å²) in [6.07, 6.45) is -5.02. The monoisotopic (exact) mass is 343 g/mol. The third kappa shape index (κ3) is 3.05. The van der Waals surface area contributed by atoms with E-state index in [1.54, 1.807) is 0 Å². The Hall–Kier alpha value is -1.18. The zero-order valence-corrected chi connectivity index (χ0v) is 11.8. The van der Waals surface area contributed by atoms with E-state index in [4.69, 9.17) is 0 Å². The van der Waals surface area contributed by atoms with Crippen LogP contribution in [0.25, 0.3) is 0 Å². The van der Waals surface area contributed by atoms with E-state index in [9.17, 15) is 27.7 Å². The van der Waals surface area contributed by atoms with Crippen molar-refractivity contribution in [3.05, 3.63) is 37.6 Å². The Morgan fingerprint density at radius 3 is 2.05 bits per heavy atom. The van der Waals surface area contributed by atoms with Gasteiger partial charge in [0.15, 0.2) is 0 Å². The molecule has 1 aromatic rings. The lowest BCUT2D eigenvalue weighted by Crippen LogP contribution is -2.19. The summed E-state index contributed by atoms with van der Waals surface area (Å²) in [4.78, 5) is 9.80. The van der Waals surface area contributed by atoms with E-state index in [0.29, 0.717) is 0 Å². The molecule has 0 N–H and O–H groups in total. The van der Waals surface area contributed by atoms with Gasteiger partial charge in [0.1, 0.15) is 15.9 Å². The predicted molar refractivity (Wildman–Crippen MR) is 64.5 cm³/mol. The number of rotatable bonds is 1. The topological polar surface area (TPSA) is 43.1 Å². The maximum absolute atomic E-state index is 14.0. The first-order chi connectivity index (χ1) is 8.37. The molecule has 0 aliphatic carbocycles. The molecule has 19 heavy (non-hydrogen) atoms. The summed E-state index contributed by atoms with van der Waals surface area (Å²) in [5, 5.41) is 10.8. The van der Waals surface area contributed by atoms with E-state index in [2.05, 4.69) is 15.9 Å². The lowest BCUT2D eigenvalue weighted by atomic mass is 9.85. The van der Waals surface area contributed by atoms with Gasteiger partial charge >= 0.3 is 6.18 Å². The smallest absolute Gasteiger partial charge is 0.258 e. The third-order valence-electron chi connectivity index (χ3n) is 2.47. The second-order valence-corrected chi connectivity index (χ2v) is 5.74. The van der Waals surface area contributed by atoms with E-state index < -0.39 is 38.1 Å². The highest BCUT2D eigenvalue weighted by atomic mass is 79.9. The van der Waals surface area contributed by atoms with Crippen LogP contribution >= 0.6 is 15.9 Å². The first kappa shape index (κ1) is 15.9. The van der Waals surface area contributed by atoms with Gasteiger partial charge in [-0.25, -0.2) is 4.39 Å². The SMILES string of the molecule is CC(C)(C)c1cc([N+](=O)[O-])c(Br)c(C(F)(F)F)c1F. The van der Waals surface area contributed by atoms with Gasteiger partial charge < -0.3 is 0 Å². The van der Waals surface area contributed by atoms with Crippen LogP contribution in [0.4, 0.5) is 23.2 Å². The number of nitrogens with zero attached hydrogens (tertiary/aromatic N) is 1. The van der Waals surface area contributed by atoms with Crippen molar-refractivity contribution in [3.8, 4) is 0 Å². The van der Waals surface area contributed by atoms with Crippen molar-refractivity contribution in [1.82, 2.24) is 0 Å². The van der Waals surface area contributed by atoms with Gasteiger partial charge in [-0.1, -0.05) is 20.8 Å². The summed E-state index contributed by atoms with van der Waals surface area (Å²) >= 11 is 2.47. The zero-order valence-electron chi connectivity index (χ0n) is 10.2. The molecule has 3 nitrogen and oxygen atoms in total. The van der Waals surface area contributed by atoms with Gasteiger partial charge in [0.05, 0.1) is 4.92 Å². The van der Waals surface area contributed by atoms with Crippen molar-refractivity contribution >= 4 is 21.6 Å². The van der Waals surface area contributed by atoms with Crippen molar-refractivity contribution in [2.75, 3.05) is 0 Å². The molecule has 0 bridgehead atoms. The predicted octanol–water partition coefficient (Wildman–Crippen LogP) is 4.81. The van der Waals surface area contributed by atoms with Gasteiger partial charge in [0.25, 0.3) is 5.69 Å². The molecule has 0 aromatic heterocycles. The van der Waals surface area contributed by atoms with Crippen LogP contribution < -0.4 is 0 Å². The lowest BCUT2D eigenvalue weighted by molar-refractivity contribution is -0.386. The molecule has 1 rings (SSSR count). The Kier molecular flexibility index (Phi) is 3.96. The fourth-order valence-electron chi connectivity index (χ4n) is 1.55. The fraction of sp³-hybridized carbons (Fsp3) is 0.455. The summed E-state index contributed by atoms with van der Waals surface area (Å²) in [6, 6.07) is 0.828. The molecule has 0 aliphatic rings. The first-order valence-corrected chi connectivity index (χ1v) is 5.90. The molecule has 0 spiro atoms. The first-order valence-electron chi connectivity index (χ1n) is 5.11. The number of benzene rings is 1. The summed E-state index contributed by atoms with van der Waals surface area (Å²) in [7, 11) is 0. The normalized spacial score (nSPS) is 12.6. The van der Waals surface area contributed by atoms with E-state index >= 15 is 0 Å². The number of alkyl halides is 3. The maximum Gasteiger partial charge on any atom is 0.420 e. The largest absolute Gasteiger partial charge is 0.420 e. The molecule has 8 heteroatoms. The summed E-state index contributed by atoms with van der Waals surface area (Å²) in [5.41, 5.74) is -3.80. The maximum atomic E-state index is 14.0. The Morgan fingerprint density at radius 2 is 1.74 bits per heavy atom.